The van der Waals surface area contributed by atoms with Crippen LogP contribution in [0.25, 0.3) is 0 Å². The molecule has 0 saturated carbocycles. The predicted molar refractivity (Wildman–Crippen MR) is 50.2 cm³/mol. The third-order valence-electron chi connectivity index (χ3n) is 2.08. The number of nitrogens with one attached hydrogen (secondary N) is 1. The number of hydrogen-bond donors (Lipinski definition) is 1. The van der Waals surface area contributed by atoms with Gasteiger partial charge >= 0.3 is 0 Å². The Morgan fingerprint density at radius 2 is 2.33 bits per heavy atom. The van der Waals surface area contributed by atoms with Crippen LogP contribution in [-0.2, 0) is 0 Å². The van der Waals surface area contributed by atoms with Gasteiger partial charge in [0.2, 0.25) is 0 Å². The van der Waals surface area contributed by atoms with E-state index in [2.05, 4.69) is 18.3 Å². The second-order valence-corrected chi connectivity index (χ2v) is 3.12. The van der Waals surface area contributed by atoms with E-state index in [-0.39, 0.29) is 0 Å². The molecule has 0 aromatic carbocycles. The highest BCUT2D eigenvalue weighted by molar-refractivity contribution is 5.16. The van der Waals surface area contributed by atoms with Crippen molar-refractivity contribution in [2.24, 2.45) is 0 Å². The summed E-state index contributed by atoms with van der Waals surface area (Å²) in [6.45, 7) is 4.17. The molecule has 0 spiro atoms. The fourth-order valence-corrected chi connectivity index (χ4v) is 1.41. The van der Waals surface area contributed by atoms with Gasteiger partial charge in [0.15, 0.2) is 0 Å². The maximum absolute atomic E-state index is 5.25. The summed E-state index contributed by atoms with van der Waals surface area (Å²) in [5.74, 6) is 0.987. The third kappa shape index (κ3) is 2.11. The van der Waals surface area contributed by atoms with Crippen LogP contribution in [0.15, 0.2) is 16.7 Å². The minimum atomic E-state index is 0.451. The predicted octanol–water partition coefficient (Wildman–Crippen LogP) is 2.65. The van der Waals surface area contributed by atoms with Crippen LogP contribution < -0.4 is 5.32 Å². The van der Waals surface area contributed by atoms with Crippen molar-refractivity contribution in [1.29, 1.82) is 0 Å². The van der Waals surface area contributed by atoms with Crippen LogP contribution in [0.4, 0.5) is 0 Å². The summed E-state index contributed by atoms with van der Waals surface area (Å²) in [6.07, 6.45) is 4.19. The number of aryl methyl sites for hydroxylation is 1. The Kier molecular flexibility index (Phi) is 3.35. The van der Waals surface area contributed by atoms with Gasteiger partial charge < -0.3 is 9.73 Å². The van der Waals surface area contributed by atoms with Gasteiger partial charge in [-0.25, -0.2) is 0 Å². The quantitative estimate of drug-likeness (QED) is 0.745. The maximum Gasteiger partial charge on any atom is 0.101 e. The molecule has 68 valence electrons. The van der Waals surface area contributed by atoms with Crippen molar-refractivity contribution in [2.45, 2.75) is 32.7 Å². The highest BCUT2D eigenvalue weighted by Crippen LogP contribution is 2.19. The maximum atomic E-state index is 5.25. The van der Waals surface area contributed by atoms with Crippen molar-refractivity contribution in [3.63, 3.8) is 0 Å². The van der Waals surface area contributed by atoms with Crippen LogP contribution in [0.3, 0.4) is 0 Å². The van der Waals surface area contributed by atoms with Gasteiger partial charge in [-0.1, -0.05) is 13.3 Å². The molecule has 0 aliphatic rings. The normalized spacial score (nSPS) is 13.2. The van der Waals surface area contributed by atoms with E-state index in [4.69, 9.17) is 4.42 Å². The number of hydrogen-bond acceptors (Lipinski definition) is 2. The van der Waals surface area contributed by atoms with Crippen LogP contribution in [0.1, 0.15) is 37.1 Å². The van der Waals surface area contributed by atoms with Gasteiger partial charge in [0.05, 0.1) is 6.26 Å². The Balaban J connectivity index is 2.66. The molecule has 1 atom stereocenters. The smallest absolute Gasteiger partial charge is 0.101 e. The Morgan fingerprint density at radius 3 is 2.75 bits per heavy atom. The minimum absolute atomic E-state index is 0.451. The van der Waals surface area contributed by atoms with Gasteiger partial charge in [0.25, 0.3) is 0 Å². The molecular weight excluding hydrogens is 150 g/mol. The topological polar surface area (TPSA) is 25.2 Å². The molecule has 0 fully saturated rings. The average molecular weight is 167 g/mol. The van der Waals surface area contributed by atoms with Gasteiger partial charge in [-0.3, -0.25) is 0 Å². The van der Waals surface area contributed by atoms with Crippen molar-refractivity contribution in [1.82, 2.24) is 5.32 Å². The van der Waals surface area contributed by atoms with E-state index in [0.717, 1.165) is 12.2 Å². The van der Waals surface area contributed by atoms with Crippen molar-refractivity contribution in [3.8, 4) is 0 Å². The molecule has 1 heterocycles. The molecule has 2 nitrogen and oxygen atoms in total. The van der Waals surface area contributed by atoms with Crippen LogP contribution in [0, 0.1) is 6.92 Å². The Hall–Kier alpha value is -0.760. The molecule has 12 heavy (non-hydrogen) atoms. The van der Waals surface area contributed by atoms with Crippen molar-refractivity contribution in [3.05, 3.63) is 23.7 Å². The van der Waals surface area contributed by atoms with Crippen molar-refractivity contribution >= 4 is 0 Å². The minimum Gasteiger partial charge on any atom is -0.469 e. The number of furan rings is 1. The second kappa shape index (κ2) is 4.31. The molecule has 1 aromatic heterocycles. The second-order valence-electron chi connectivity index (χ2n) is 3.12. The summed E-state index contributed by atoms with van der Waals surface area (Å²) < 4.78 is 5.25. The largest absolute Gasteiger partial charge is 0.469 e. The van der Waals surface area contributed by atoms with Crippen LogP contribution in [-0.4, -0.2) is 7.05 Å². The molecule has 0 saturated heterocycles. The first-order valence-corrected chi connectivity index (χ1v) is 4.50. The molecular formula is C10H17NO. The molecule has 1 rings (SSSR count). The molecule has 0 aliphatic carbocycles. The van der Waals surface area contributed by atoms with Crippen molar-refractivity contribution in [2.75, 3.05) is 7.05 Å². The fraction of sp³-hybridized carbons (Fsp3) is 0.600. The Labute approximate surface area is 74.0 Å². The molecule has 2 heteroatoms. The monoisotopic (exact) mass is 167 g/mol. The van der Waals surface area contributed by atoms with Crippen LogP contribution in [0.5, 0.6) is 0 Å². The lowest BCUT2D eigenvalue weighted by molar-refractivity contribution is 0.508. The van der Waals surface area contributed by atoms with E-state index in [0.29, 0.717) is 6.04 Å². The SMILES string of the molecule is CCCC(NC)c1coc(C)c1. The molecule has 0 amide bonds. The third-order valence-corrected chi connectivity index (χ3v) is 2.08. The van der Waals surface area contributed by atoms with E-state index in [1.807, 2.05) is 20.2 Å². The molecule has 0 bridgehead atoms. The summed E-state index contributed by atoms with van der Waals surface area (Å²) in [7, 11) is 1.99. The summed E-state index contributed by atoms with van der Waals surface area (Å²) in [5, 5.41) is 3.27. The lowest BCUT2D eigenvalue weighted by Crippen LogP contribution is -2.15. The van der Waals surface area contributed by atoms with Crippen LogP contribution >= 0.6 is 0 Å². The van der Waals surface area contributed by atoms with E-state index in [1.165, 1.54) is 12.0 Å². The molecule has 1 N–H and O–H groups in total. The first-order chi connectivity index (χ1) is 5.77. The summed E-state index contributed by atoms with van der Waals surface area (Å²) in [4.78, 5) is 0. The molecule has 1 unspecified atom stereocenters. The zero-order chi connectivity index (χ0) is 8.97. The lowest BCUT2D eigenvalue weighted by atomic mass is 10.1. The lowest BCUT2D eigenvalue weighted by Gasteiger charge is -2.11. The zero-order valence-corrected chi connectivity index (χ0v) is 8.05. The van der Waals surface area contributed by atoms with Gasteiger partial charge in [-0.15, -0.1) is 0 Å². The van der Waals surface area contributed by atoms with E-state index in [1.54, 1.807) is 0 Å². The summed E-state index contributed by atoms with van der Waals surface area (Å²) in [6, 6.07) is 2.55. The Morgan fingerprint density at radius 1 is 1.58 bits per heavy atom. The zero-order valence-electron chi connectivity index (χ0n) is 8.05. The van der Waals surface area contributed by atoms with Gasteiger partial charge in [0, 0.05) is 11.6 Å². The highest BCUT2D eigenvalue weighted by atomic mass is 16.3. The summed E-state index contributed by atoms with van der Waals surface area (Å²) >= 11 is 0. The van der Waals surface area contributed by atoms with Gasteiger partial charge in [-0.05, 0) is 26.5 Å². The van der Waals surface area contributed by atoms with Crippen molar-refractivity contribution < 1.29 is 4.42 Å². The number of rotatable bonds is 4. The first kappa shape index (κ1) is 9.33. The standard InChI is InChI=1S/C10H17NO/c1-4-5-10(11-3)9-6-8(2)12-7-9/h6-7,10-11H,4-5H2,1-3H3. The van der Waals surface area contributed by atoms with Gasteiger partial charge in [-0.2, -0.15) is 0 Å². The summed E-state index contributed by atoms with van der Waals surface area (Å²) in [5.41, 5.74) is 1.26. The fourth-order valence-electron chi connectivity index (χ4n) is 1.41. The molecule has 0 aliphatic heterocycles. The van der Waals surface area contributed by atoms with E-state index >= 15 is 0 Å². The first-order valence-electron chi connectivity index (χ1n) is 4.50. The molecule has 0 radical (unpaired) electrons. The average Bonchev–Trinajstić information content (AvgIpc) is 2.47. The Bertz CT molecular complexity index is 229. The van der Waals surface area contributed by atoms with Crippen LogP contribution in [0.2, 0.25) is 0 Å². The molecule has 1 aromatic rings. The highest BCUT2D eigenvalue weighted by Gasteiger charge is 2.09. The van der Waals surface area contributed by atoms with Gasteiger partial charge in [0.1, 0.15) is 5.76 Å². The van der Waals surface area contributed by atoms with E-state index in [9.17, 15) is 0 Å². The van der Waals surface area contributed by atoms with E-state index < -0.39 is 0 Å².